The highest BCUT2D eigenvalue weighted by atomic mass is 35.5. The lowest BCUT2D eigenvalue weighted by atomic mass is 10.0. The molecular weight excluding hydrogens is 440 g/mol. The summed E-state index contributed by atoms with van der Waals surface area (Å²) in [6.45, 7) is 5.84. The van der Waals surface area contributed by atoms with Crippen molar-refractivity contribution in [3.05, 3.63) is 76.7 Å². The summed E-state index contributed by atoms with van der Waals surface area (Å²) < 4.78 is 1.89. The van der Waals surface area contributed by atoms with Gasteiger partial charge < -0.3 is 20.9 Å². The summed E-state index contributed by atoms with van der Waals surface area (Å²) in [5.41, 5.74) is 9.30. The Labute approximate surface area is 195 Å². The Morgan fingerprint density at radius 3 is 2.52 bits per heavy atom. The number of rotatable bonds is 5. The summed E-state index contributed by atoms with van der Waals surface area (Å²) in [5, 5.41) is 6.44. The van der Waals surface area contributed by atoms with E-state index in [0.717, 1.165) is 5.56 Å². The number of hydrogen-bond donors (Lipinski definition) is 3. The second kappa shape index (κ2) is 8.91. The normalized spacial score (nSPS) is 11.1. The highest BCUT2D eigenvalue weighted by Crippen LogP contribution is 2.29. The molecule has 0 fully saturated rings. The Balaban J connectivity index is 1.66. The first-order valence-electron chi connectivity index (χ1n) is 10.3. The highest BCUT2D eigenvalue weighted by Gasteiger charge is 2.22. The number of halogens is 1. The van der Waals surface area contributed by atoms with Crippen LogP contribution < -0.4 is 16.4 Å². The molecule has 0 aliphatic carbocycles. The van der Waals surface area contributed by atoms with Gasteiger partial charge in [0, 0.05) is 23.5 Å². The second-order valence-electron chi connectivity index (χ2n) is 7.92. The minimum absolute atomic E-state index is 0.0760. The van der Waals surface area contributed by atoms with E-state index >= 15 is 0 Å². The van der Waals surface area contributed by atoms with Crippen LogP contribution in [0.2, 0.25) is 5.02 Å². The summed E-state index contributed by atoms with van der Waals surface area (Å²) in [6, 6.07) is 11.7. The third kappa shape index (κ3) is 4.38. The van der Waals surface area contributed by atoms with Crippen LogP contribution in [-0.2, 0) is 0 Å². The molecule has 2 aromatic carbocycles. The first kappa shape index (κ1) is 22.3. The highest BCUT2D eigenvalue weighted by molar-refractivity contribution is 6.33. The standard InChI is InChI=1S/C24H23ClN6O2/c1-13(2)31-11-16(20-22(26)27-12-28-23(20)31)21(32)15-9-8-14(3)19(10-15)30-24(33)29-18-7-5-4-6-17(18)25/h4-13H,1-3H3,(H2,26,27,28)(H2,29,30,33). The lowest BCUT2D eigenvalue weighted by molar-refractivity contribution is 0.104. The van der Waals surface area contributed by atoms with Crippen LogP contribution in [0.15, 0.2) is 55.0 Å². The van der Waals surface area contributed by atoms with Crippen LogP contribution in [0.1, 0.15) is 41.4 Å². The molecule has 0 bridgehead atoms. The van der Waals surface area contributed by atoms with Crippen molar-refractivity contribution in [2.75, 3.05) is 16.4 Å². The van der Waals surface area contributed by atoms with Gasteiger partial charge in [0.1, 0.15) is 17.8 Å². The monoisotopic (exact) mass is 462 g/mol. The Kier molecular flexibility index (Phi) is 6.02. The summed E-state index contributed by atoms with van der Waals surface area (Å²) in [6.07, 6.45) is 3.14. The van der Waals surface area contributed by atoms with Crippen LogP contribution in [0, 0.1) is 6.92 Å². The van der Waals surface area contributed by atoms with Crippen molar-refractivity contribution < 1.29 is 9.59 Å². The van der Waals surface area contributed by atoms with E-state index in [4.69, 9.17) is 17.3 Å². The Bertz CT molecular complexity index is 1380. The predicted molar refractivity (Wildman–Crippen MR) is 131 cm³/mol. The minimum Gasteiger partial charge on any atom is -0.383 e. The first-order valence-corrected chi connectivity index (χ1v) is 10.7. The molecule has 0 spiro atoms. The molecule has 4 N–H and O–H groups in total. The Hall–Kier alpha value is -3.91. The average Bonchev–Trinajstić information content (AvgIpc) is 3.18. The number of nitrogens with one attached hydrogen (secondary N) is 2. The van der Waals surface area contributed by atoms with E-state index in [1.165, 1.54) is 6.33 Å². The van der Waals surface area contributed by atoms with Crippen molar-refractivity contribution in [3.8, 4) is 0 Å². The maximum absolute atomic E-state index is 13.5. The van der Waals surface area contributed by atoms with Crippen molar-refractivity contribution in [3.63, 3.8) is 0 Å². The molecular formula is C24H23ClN6O2. The molecule has 9 heteroatoms. The zero-order valence-corrected chi connectivity index (χ0v) is 19.1. The molecule has 168 valence electrons. The summed E-state index contributed by atoms with van der Waals surface area (Å²) >= 11 is 6.11. The topological polar surface area (TPSA) is 115 Å². The van der Waals surface area contributed by atoms with Crippen molar-refractivity contribution in [2.45, 2.75) is 26.8 Å². The molecule has 0 saturated heterocycles. The largest absolute Gasteiger partial charge is 0.383 e. The lowest BCUT2D eigenvalue weighted by Gasteiger charge is -2.12. The fourth-order valence-corrected chi connectivity index (χ4v) is 3.75. The summed E-state index contributed by atoms with van der Waals surface area (Å²) in [5.74, 6) is 0.00258. The molecule has 0 saturated carbocycles. The fraction of sp³-hybridized carbons (Fsp3) is 0.167. The second-order valence-corrected chi connectivity index (χ2v) is 8.33. The molecule has 0 atom stereocenters. The molecule has 2 amide bonds. The van der Waals surface area contributed by atoms with Gasteiger partial charge in [0.05, 0.1) is 21.7 Å². The number of fused-ring (bicyclic) bond motifs is 1. The number of nitrogens with zero attached hydrogens (tertiary/aromatic N) is 3. The van der Waals surface area contributed by atoms with E-state index in [9.17, 15) is 9.59 Å². The van der Waals surface area contributed by atoms with Crippen LogP contribution >= 0.6 is 11.6 Å². The number of aryl methyl sites for hydroxylation is 1. The van der Waals surface area contributed by atoms with Gasteiger partial charge >= 0.3 is 6.03 Å². The number of urea groups is 1. The molecule has 33 heavy (non-hydrogen) atoms. The number of para-hydroxylation sites is 1. The van der Waals surface area contributed by atoms with Gasteiger partial charge in [-0.2, -0.15) is 0 Å². The fourth-order valence-electron chi connectivity index (χ4n) is 3.57. The van der Waals surface area contributed by atoms with Gasteiger partial charge in [-0.25, -0.2) is 14.8 Å². The number of amides is 2. The van der Waals surface area contributed by atoms with Crippen molar-refractivity contribution in [1.29, 1.82) is 0 Å². The smallest absolute Gasteiger partial charge is 0.323 e. The van der Waals surface area contributed by atoms with E-state index in [1.807, 2.05) is 25.3 Å². The van der Waals surface area contributed by atoms with Crippen molar-refractivity contribution >= 4 is 51.6 Å². The van der Waals surface area contributed by atoms with Gasteiger partial charge in [-0.3, -0.25) is 4.79 Å². The van der Waals surface area contributed by atoms with Gasteiger partial charge in [-0.15, -0.1) is 0 Å². The van der Waals surface area contributed by atoms with Crippen LogP contribution in [0.5, 0.6) is 0 Å². The third-order valence-corrected chi connectivity index (χ3v) is 5.64. The van der Waals surface area contributed by atoms with Crippen LogP contribution in [0.25, 0.3) is 11.0 Å². The molecule has 8 nitrogen and oxygen atoms in total. The molecule has 2 heterocycles. The minimum atomic E-state index is -0.468. The Morgan fingerprint density at radius 1 is 1.06 bits per heavy atom. The number of hydrogen-bond acceptors (Lipinski definition) is 5. The van der Waals surface area contributed by atoms with Gasteiger partial charge in [0.2, 0.25) is 0 Å². The lowest BCUT2D eigenvalue weighted by Crippen LogP contribution is -2.20. The predicted octanol–water partition coefficient (Wildman–Crippen LogP) is 5.43. The number of benzene rings is 2. The number of carbonyl (C=O) groups is 2. The van der Waals surface area contributed by atoms with Gasteiger partial charge in [-0.05, 0) is 44.5 Å². The Morgan fingerprint density at radius 2 is 1.79 bits per heavy atom. The van der Waals surface area contributed by atoms with Crippen molar-refractivity contribution in [2.24, 2.45) is 0 Å². The van der Waals surface area contributed by atoms with E-state index in [1.54, 1.807) is 48.7 Å². The number of anilines is 3. The molecule has 2 aromatic heterocycles. The van der Waals surface area contributed by atoms with Crippen molar-refractivity contribution in [1.82, 2.24) is 14.5 Å². The molecule has 4 aromatic rings. The van der Waals surface area contributed by atoms with E-state index in [0.29, 0.717) is 38.6 Å². The van der Waals surface area contributed by atoms with E-state index in [2.05, 4.69) is 20.6 Å². The van der Waals surface area contributed by atoms with Gasteiger partial charge in [-0.1, -0.05) is 35.9 Å². The molecule has 0 radical (unpaired) electrons. The SMILES string of the molecule is Cc1ccc(C(=O)c2cn(C(C)C)c3ncnc(N)c23)cc1NC(=O)Nc1ccccc1Cl. The molecule has 0 unspecified atom stereocenters. The number of ketones is 1. The zero-order chi connectivity index (χ0) is 23.7. The van der Waals surface area contributed by atoms with Gasteiger partial charge in [0.15, 0.2) is 5.78 Å². The number of nitrogen functional groups attached to an aromatic ring is 1. The maximum atomic E-state index is 13.5. The first-order chi connectivity index (χ1) is 15.8. The summed E-state index contributed by atoms with van der Waals surface area (Å²) in [7, 11) is 0. The molecule has 0 aliphatic heterocycles. The van der Waals surface area contributed by atoms with E-state index in [-0.39, 0.29) is 17.6 Å². The number of nitrogens with two attached hydrogens (primary N) is 1. The average molecular weight is 463 g/mol. The van der Waals surface area contributed by atoms with E-state index < -0.39 is 6.03 Å². The molecule has 4 rings (SSSR count). The zero-order valence-electron chi connectivity index (χ0n) is 18.4. The van der Waals surface area contributed by atoms with Crippen LogP contribution in [-0.4, -0.2) is 26.3 Å². The third-order valence-electron chi connectivity index (χ3n) is 5.31. The summed E-state index contributed by atoms with van der Waals surface area (Å²) in [4.78, 5) is 34.4. The molecule has 0 aliphatic rings. The van der Waals surface area contributed by atoms with Gasteiger partial charge in [0.25, 0.3) is 0 Å². The number of carbonyl (C=O) groups excluding carboxylic acids is 2. The maximum Gasteiger partial charge on any atom is 0.323 e. The quantitative estimate of drug-likeness (QED) is 0.342. The number of aromatic nitrogens is 3. The van der Waals surface area contributed by atoms with Crippen LogP contribution in [0.4, 0.5) is 22.0 Å². The van der Waals surface area contributed by atoms with Crippen LogP contribution in [0.3, 0.4) is 0 Å².